The first-order valence-electron chi connectivity index (χ1n) is 17.6. The molecule has 242 valence electrons. The van der Waals surface area contributed by atoms with Crippen molar-refractivity contribution in [2.75, 3.05) is 0 Å². The number of rotatable bonds is 3. The fraction of sp³-hybridized carbons (Fsp3) is 0. The summed E-state index contributed by atoms with van der Waals surface area (Å²) in [4.78, 5) is 10.7. The molecule has 52 heavy (non-hydrogen) atoms. The number of fused-ring (bicyclic) bond motifs is 12. The molecule has 0 atom stereocenters. The number of hydrogen-bond donors (Lipinski definition) is 0. The van der Waals surface area contributed by atoms with E-state index >= 15 is 0 Å². The van der Waals surface area contributed by atoms with Crippen LogP contribution in [0.15, 0.2) is 170 Å². The van der Waals surface area contributed by atoms with Crippen molar-refractivity contribution in [1.29, 1.82) is 0 Å². The van der Waals surface area contributed by atoms with Crippen LogP contribution in [0.1, 0.15) is 0 Å². The SMILES string of the molecule is c1ccc2c(-c3nc(-n4c5ccc(-n6c7ccccc7n7c8ccccc8cc67)cc5n5c6ccccc6cc45)nc4ccccc34)cccc2c1. The number of aromatic nitrogens is 6. The van der Waals surface area contributed by atoms with Crippen molar-refractivity contribution in [2.45, 2.75) is 0 Å². The second-order valence-electron chi connectivity index (χ2n) is 13.5. The first-order chi connectivity index (χ1) is 25.8. The van der Waals surface area contributed by atoms with Crippen molar-refractivity contribution >= 4 is 76.8 Å². The number of benzene rings is 7. The van der Waals surface area contributed by atoms with Gasteiger partial charge in [-0.3, -0.25) is 17.9 Å². The van der Waals surface area contributed by atoms with Crippen LogP contribution in [0.2, 0.25) is 0 Å². The van der Waals surface area contributed by atoms with E-state index in [1.807, 2.05) is 0 Å². The lowest BCUT2D eigenvalue weighted by atomic mass is 9.99. The Balaban J connectivity index is 1.18. The van der Waals surface area contributed by atoms with Gasteiger partial charge in [0.25, 0.3) is 0 Å². The molecule has 0 N–H and O–H groups in total. The molecule has 0 fully saturated rings. The Morgan fingerprint density at radius 1 is 0.365 bits per heavy atom. The largest absolute Gasteiger partial charge is 0.294 e. The molecule has 0 aliphatic rings. The van der Waals surface area contributed by atoms with Gasteiger partial charge in [-0.15, -0.1) is 0 Å². The van der Waals surface area contributed by atoms with Crippen LogP contribution in [-0.4, -0.2) is 27.9 Å². The molecular weight excluding hydrogens is 637 g/mol. The molecule has 0 unspecified atom stereocenters. The van der Waals surface area contributed by atoms with Crippen LogP contribution < -0.4 is 0 Å². The molecule has 0 aliphatic carbocycles. The summed E-state index contributed by atoms with van der Waals surface area (Å²) in [6.07, 6.45) is 0. The van der Waals surface area contributed by atoms with E-state index in [2.05, 4.69) is 188 Å². The van der Waals surface area contributed by atoms with Gasteiger partial charge in [-0.2, -0.15) is 0 Å². The predicted octanol–water partition coefficient (Wildman–Crippen LogP) is 11.1. The standard InChI is InChI=1S/C46H28N6/c1-4-16-33-29(12-1)15-11-18-34(33)45-35-17-5-6-19-36(35)47-46(48-45)52-41-25-24-32(28-42(41)51-38-21-8-3-14-31(38)27-44(51)52)49-39-22-9-10-23-40(39)50-37-20-7-2-13-30(37)26-43(49)50/h1-28H. The number of nitrogens with zero attached hydrogens (tertiary/aromatic N) is 6. The van der Waals surface area contributed by atoms with Crippen molar-refractivity contribution in [2.24, 2.45) is 0 Å². The molecule has 0 saturated carbocycles. The molecule has 12 rings (SSSR count). The van der Waals surface area contributed by atoms with Crippen molar-refractivity contribution in [3.8, 4) is 22.9 Å². The van der Waals surface area contributed by atoms with Gasteiger partial charge in [0.05, 0.1) is 44.3 Å². The molecule has 0 spiro atoms. The monoisotopic (exact) mass is 664 g/mol. The Labute approximate surface area is 296 Å². The molecule has 12 aromatic rings. The molecule has 0 amide bonds. The molecule has 0 radical (unpaired) electrons. The van der Waals surface area contributed by atoms with E-state index in [1.165, 1.54) is 32.6 Å². The Bertz CT molecular complexity index is 3420. The molecule has 7 aromatic carbocycles. The Morgan fingerprint density at radius 2 is 0.942 bits per heavy atom. The fourth-order valence-electron chi connectivity index (χ4n) is 8.51. The van der Waals surface area contributed by atoms with Crippen LogP contribution in [0.5, 0.6) is 0 Å². The first-order valence-corrected chi connectivity index (χ1v) is 17.6. The number of imidazole rings is 2. The highest BCUT2D eigenvalue weighted by Crippen LogP contribution is 2.37. The highest BCUT2D eigenvalue weighted by molar-refractivity contribution is 6.04. The van der Waals surface area contributed by atoms with Crippen LogP contribution in [0, 0.1) is 0 Å². The summed E-state index contributed by atoms with van der Waals surface area (Å²) in [5, 5.41) is 5.77. The van der Waals surface area contributed by atoms with Gasteiger partial charge in [-0.25, -0.2) is 9.97 Å². The van der Waals surface area contributed by atoms with Gasteiger partial charge in [0, 0.05) is 27.4 Å². The van der Waals surface area contributed by atoms with Crippen LogP contribution in [-0.2, 0) is 0 Å². The van der Waals surface area contributed by atoms with Gasteiger partial charge in [-0.1, -0.05) is 109 Å². The third kappa shape index (κ3) is 3.67. The third-order valence-corrected chi connectivity index (χ3v) is 10.7. The van der Waals surface area contributed by atoms with E-state index in [0.29, 0.717) is 5.95 Å². The van der Waals surface area contributed by atoms with E-state index in [4.69, 9.17) is 9.97 Å². The average Bonchev–Trinajstić information content (AvgIpc) is 3.93. The molecule has 6 heteroatoms. The van der Waals surface area contributed by atoms with E-state index in [-0.39, 0.29) is 0 Å². The number of para-hydroxylation sites is 5. The average molecular weight is 665 g/mol. The maximum Gasteiger partial charge on any atom is 0.237 e. The van der Waals surface area contributed by atoms with Crippen molar-refractivity contribution in [3.05, 3.63) is 170 Å². The summed E-state index contributed by atoms with van der Waals surface area (Å²) in [6.45, 7) is 0. The maximum absolute atomic E-state index is 5.44. The summed E-state index contributed by atoms with van der Waals surface area (Å²) in [7, 11) is 0. The normalized spacial score (nSPS) is 12.2. The van der Waals surface area contributed by atoms with Crippen molar-refractivity contribution in [3.63, 3.8) is 0 Å². The first kappa shape index (κ1) is 27.6. The smallest absolute Gasteiger partial charge is 0.237 e. The quantitative estimate of drug-likeness (QED) is 0.189. The molecule has 0 saturated heterocycles. The second kappa shape index (κ2) is 10.2. The fourth-order valence-corrected chi connectivity index (χ4v) is 8.51. The summed E-state index contributed by atoms with van der Waals surface area (Å²) < 4.78 is 9.35. The predicted molar refractivity (Wildman–Crippen MR) is 213 cm³/mol. The molecular formula is C46H28N6. The zero-order valence-corrected chi connectivity index (χ0v) is 27.8. The van der Waals surface area contributed by atoms with Crippen molar-refractivity contribution < 1.29 is 0 Å². The summed E-state index contributed by atoms with van der Waals surface area (Å²) >= 11 is 0. The topological polar surface area (TPSA) is 44.5 Å². The third-order valence-electron chi connectivity index (χ3n) is 10.7. The summed E-state index contributed by atoms with van der Waals surface area (Å²) in [6, 6.07) is 60.6. The van der Waals surface area contributed by atoms with Gasteiger partial charge in [-0.05, 0) is 71.4 Å². The molecule has 0 bridgehead atoms. The zero-order valence-electron chi connectivity index (χ0n) is 27.8. The highest BCUT2D eigenvalue weighted by Gasteiger charge is 2.22. The summed E-state index contributed by atoms with van der Waals surface area (Å²) in [5.74, 6) is 0.642. The maximum atomic E-state index is 5.44. The Kier molecular flexibility index (Phi) is 5.41. The van der Waals surface area contributed by atoms with Gasteiger partial charge >= 0.3 is 0 Å². The Hall–Kier alpha value is -7.18. The minimum Gasteiger partial charge on any atom is -0.294 e. The minimum atomic E-state index is 0.642. The number of hydrogen-bond acceptors (Lipinski definition) is 2. The molecule has 6 nitrogen and oxygen atoms in total. The molecule has 0 aliphatic heterocycles. The van der Waals surface area contributed by atoms with Crippen LogP contribution in [0.4, 0.5) is 0 Å². The summed E-state index contributed by atoms with van der Waals surface area (Å²) in [5.41, 5.74) is 13.0. The van der Waals surface area contributed by atoms with Gasteiger partial charge < -0.3 is 0 Å². The minimum absolute atomic E-state index is 0.642. The van der Waals surface area contributed by atoms with Gasteiger partial charge in [0.1, 0.15) is 11.3 Å². The Morgan fingerprint density at radius 3 is 1.73 bits per heavy atom. The van der Waals surface area contributed by atoms with Crippen LogP contribution >= 0.6 is 0 Å². The lowest BCUT2D eigenvalue weighted by Crippen LogP contribution is -2.03. The molecule has 5 aromatic heterocycles. The second-order valence-corrected chi connectivity index (χ2v) is 13.5. The van der Waals surface area contributed by atoms with Crippen molar-refractivity contribution in [1.82, 2.24) is 27.9 Å². The van der Waals surface area contributed by atoms with E-state index in [0.717, 1.165) is 61.2 Å². The van der Waals surface area contributed by atoms with E-state index < -0.39 is 0 Å². The highest BCUT2D eigenvalue weighted by atomic mass is 15.2. The van der Waals surface area contributed by atoms with Gasteiger partial charge in [0.2, 0.25) is 5.95 Å². The van der Waals surface area contributed by atoms with Crippen LogP contribution in [0.25, 0.3) is 99.7 Å². The van der Waals surface area contributed by atoms with E-state index in [9.17, 15) is 0 Å². The molecule has 5 heterocycles. The lowest BCUT2D eigenvalue weighted by Gasteiger charge is -2.13. The lowest BCUT2D eigenvalue weighted by molar-refractivity contribution is 1.00. The van der Waals surface area contributed by atoms with E-state index in [1.54, 1.807) is 0 Å². The zero-order chi connectivity index (χ0) is 33.9. The van der Waals surface area contributed by atoms with Gasteiger partial charge in [0.15, 0.2) is 0 Å². The van der Waals surface area contributed by atoms with Crippen LogP contribution in [0.3, 0.4) is 0 Å².